The number of para-hydroxylation sites is 1. The molecule has 0 aromatic heterocycles. The molecule has 2 saturated heterocycles. The van der Waals surface area contributed by atoms with E-state index in [1.54, 1.807) is 24.3 Å². The average molecular weight is 686 g/mol. The zero-order chi connectivity index (χ0) is 35.0. The Labute approximate surface area is 289 Å². The van der Waals surface area contributed by atoms with E-state index in [-0.39, 0.29) is 55.0 Å². The minimum absolute atomic E-state index is 0.0420. The molecule has 3 aromatic carbocycles. The fourth-order valence-corrected chi connectivity index (χ4v) is 13.2. The van der Waals surface area contributed by atoms with Crippen LogP contribution in [0.4, 0.5) is 0 Å². The second-order valence-electron chi connectivity index (χ2n) is 14.8. The fraction of sp³-hybridized carbons (Fsp3) is 0.462. The number of fused-ring (bicyclic) bond motifs is 3. The van der Waals surface area contributed by atoms with E-state index < -0.39 is 49.8 Å². The van der Waals surface area contributed by atoms with Gasteiger partial charge in [-0.05, 0) is 47.2 Å². The van der Waals surface area contributed by atoms with E-state index in [0.29, 0.717) is 24.8 Å². The predicted molar refractivity (Wildman–Crippen MR) is 186 cm³/mol. The third kappa shape index (κ3) is 6.35. The molecule has 6 rings (SSSR count). The number of hydrogen-bond donors (Lipinski definition) is 3. The molecule has 260 valence electrons. The molecule has 10 heteroatoms. The number of benzene rings is 3. The third-order valence-corrected chi connectivity index (χ3v) is 15.9. The summed E-state index contributed by atoms with van der Waals surface area (Å²) in [4.78, 5) is 40.3. The molecule has 2 amide bonds. The summed E-state index contributed by atoms with van der Waals surface area (Å²) in [5, 5.41) is 34.3. The van der Waals surface area contributed by atoms with E-state index in [1.807, 2.05) is 36.4 Å². The number of ether oxygens (including phenoxy) is 1. The third-order valence-electron chi connectivity index (χ3n) is 10.9. The van der Waals surface area contributed by atoms with Gasteiger partial charge in [0.15, 0.2) is 5.79 Å². The number of carboxylic acids is 1. The Balaban J connectivity index is 1.35. The van der Waals surface area contributed by atoms with Crippen molar-refractivity contribution in [3.63, 3.8) is 0 Å². The molecule has 49 heavy (non-hydrogen) atoms. The van der Waals surface area contributed by atoms with Gasteiger partial charge < -0.3 is 24.5 Å². The summed E-state index contributed by atoms with van der Waals surface area (Å²) in [6.45, 7) is 6.86. The number of amides is 2. The summed E-state index contributed by atoms with van der Waals surface area (Å²) in [5.74, 6) is -5.92. The summed E-state index contributed by atoms with van der Waals surface area (Å²) in [5.41, 5.74) is 0.528. The van der Waals surface area contributed by atoms with E-state index in [4.69, 9.17) is 14.3 Å². The zero-order valence-corrected chi connectivity index (χ0v) is 29.5. The molecule has 0 spiro atoms. The maximum absolute atomic E-state index is 14.0. The highest BCUT2D eigenvalue weighted by molar-refractivity contribution is 6.99. The van der Waals surface area contributed by atoms with Crippen molar-refractivity contribution in [2.45, 2.75) is 76.2 Å². The molecule has 3 aliphatic rings. The van der Waals surface area contributed by atoms with Gasteiger partial charge in [-0.25, -0.2) is 0 Å². The van der Waals surface area contributed by atoms with E-state index >= 15 is 0 Å². The van der Waals surface area contributed by atoms with Gasteiger partial charge in [-0.1, -0.05) is 106 Å². The van der Waals surface area contributed by atoms with Gasteiger partial charge >= 0.3 is 5.97 Å². The first-order valence-electron chi connectivity index (χ1n) is 17.4. The van der Waals surface area contributed by atoms with Crippen LogP contribution in [0.15, 0.2) is 84.9 Å². The van der Waals surface area contributed by atoms with E-state index in [2.05, 4.69) is 45.0 Å². The van der Waals surface area contributed by atoms with Crippen LogP contribution in [0.2, 0.25) is 5.04 Å². The number of phenols is 1. The van der Waals surface area contributed by atoms with Gasteiger partial charge in [-0.15, -0.1) is 0 Å². The zero-order valence-electron chi connectivity index (χ0n) is 28.5. The van der Waals surface area contributed by atoms with Crippen molar-refractivity contribution in [2.75, 3.05) is 13.2 Å². The molecular weight excluding hydrogens is 639 g/mol. The van der Waals surface area contributed by atoms with Crippen LogP contribution in [0.5, 0.6) is 5.75 Å². The van der Waals surface area contributed by atoms with Crippen molar-refractivity contribution in [3.8, 4) is 5.75 Å². The van der Waals surface area contributed by atoms with Crippen LogP contribution in [-0.2, 0) is 23.5 Å². The monoisotopic (exact) mass is 685 g/mol. The second kappa shape index (κ2) is 13.8. The number of likely N-dealkylation sites (tertiary alicyclic amines) is 1. The highest BCUT2D eigenvalue weighted by Gasteiger charge is 2.67. The van der Waals surface area contributed by atoms with E-state index in [0.717, 1.165) is 10.4 Å². The second-order valence-corrected chi connectivity index (χ2v) is 19.1. The van der Waals surface area contributed by atoms with Crippen LogP contribution < -0.4 is 10.4 Å². The summed E-state index contributed by atoms with van der Waals surface area (Å²) >= 11 is 0. The Kier molecular flexibility index (Phi) is 9.87. The number of carboxylic acid groups (broad SMARTS) is 1. The average Bonchev–Trinajstić information content (AvgIpc) is 3.54. The molecule has 3 N–H and O–H groups in total. The number of imide groups is 1. The smallest absolute Gasteiger partial charge is 0.303 e. The van der Waals surface area contributed by atoms with Crippen molar-refractivity contribution in [2.24, 2.45) is 23.7 Å². The number of unbranched alkanes of at least 4 members (excludes halogenated alkanes) is 2. The molecule has 1 aliphatic carbocycles. The van der Waals surface area contributed by atoms with Crippen LogP contribution in [-0.4, -0.2) is 65.3 Å². The first-order chi connectivity index (χ1) is 23.4. The molecule has 9 nitrogen and oxygen atoms in total. The Morgan fingerprint density at radius 3 is 2.10 bits per heavy atom. The maximum Gasteiger partial charge on any atom is 0.303 e. The lowest BCUT2D eigenvalue weighted by atomic mass is 9.64. The molecule has 2 aliphatic heterocycles. The highest BCUT2D eigenvalue weighted by Crippen LogP contribution is 2.59. The number of carbonyl (C=O) groups is 3. The number of nitrogens with zero attached hydrogens (tertiary/aromatic N) is 1. The topological polar surface area (TPSA) is 134 Å². The molecular formula is C39H47NO8Si. The lowest BCUT2D eigenvalue weighted by molar-refractivity contribution is -0.273. The molecule has 1 saturated carbocycles. The molecule has 6 atom stereocenters. The van der Waals surface area contributed by atoms with Crippen molar-refractivity contribution < 1.29 is 38.9 Å². The Bertz CT molecular complexity index is 1620. The SMILES string of the molecule is CC(C)(C)[Si](OC[C@H]1C[C@@H]2C(=O)N(CCCCCC(=O)O)C(=O)[C@@H]2[C@@H]2C[C@@H](c3ccccc3O)O[C@]12O)(c1ccccc1)c1ccccc1. The van der Waals surface area contributed by atoms with Crippen LogP contribution in [0.3, 0.4) is 0 Å². The predicted octanol–water partition coefficient (Wildman–Crippen LogP) is 5.00. The number of hydrogen-bond acceptors (Lipinski definition) is 7. The quantitative estimate of drug-likeness (QED) is 0.138. The lowest BCUT2D eigenvalue weighted by Gasteiger charge is -2.48. The maximum atomic E-state index is 14.0. The standard InChI is InChI=1S/C39H47NO8Si/c1-38(2,3)49(27-15-7-4-8-16-27,28-17-9-5-10-18-28)47-25-26-23-30-35(37(45)40(36(30)44)22-14-6-11-21-34(42)43)31-24-33(48-39(26,31)46)29-19-12-13-20-32(29)41/h4-5,7-10,12-13,15-20,26,30-31,33,35,41,46H,6,11,14,21-25H2,1-3H3,(H,42,43)/t26-,30+,31+,33+,35+,39-/m1/s1. The number of rotatable bonds is 12. The van der Waals surface area contributed by atoms with Gasteiger partial charge in [-0.2, -0.15) is 0 Å². The molecule has 3 aromatic rings. The first kappa shape index (κ1) is 35.0. The number of aliphatic carboxylic acids is 1. The summed E-state index contributed by atoms with van der Waals surface area (Å²) < 4.78 is 13.8. The van der Waals surface area contributed by atoms with Crippen LogP contribution in [0, 0.1) is 23.7 Å². The fourth-order valence-electron chi connectivity index (χ4n) is 8.62. The molecule has 0 unspecified atom stereocenters. The lowest BCUT2D eigenvalue weighted by Crippen LogP contribution is -2.67. The summed E-state index contributed by atoms with van der Waals surface area (Å²) in [6, 6.07) is 27.3. The van der Waals surface area contributed by atoms with Crippen molar-refractivity contribution >= 4 is 36.5 Å². The van der Waals surface area contributed by atoms with Gasteiger partial charge in [0.05, 0.1) is 17.9 Å². The van der Waals surface area contributed by atoms with Crippen LogP contribution >= 0.6 is 0 Å². The van der Waals surface area contributed by atoms with Gasteiger partial charge in [0.25, 0.3) is 8.32 Å². The molecule has 2 heterocycles. The van der Waals surface area contributed by atoms with Crippen LogP contribution in [0.25, 0.3) is 0 Å². The van der Waals surface area contributed by atoms with Crippen molar-refractivity contribution in [1.82, 2.24) is 4.90 Å². The number of aliphatic hydroxyl groups is 1. The van der Waals surface area contributed by atoms with Gasteiger partial charge in [0.2, 0.25) is 11.8 Å². The Morgan fingerprint density at radius 2 is 1.51 bits per heavy atom. The van der Waals surface area contributed by atoms with Crippen molar-refractivity contribution in [3.05, 3.63) is 90.5 Å². The van der Waals surface area contributed by atoms with Gasteiger partial charge in [-0.3, -0.25) is 19.3 Å². The minimum Gasteiger partial charge on any atom is -0.508 e. The van der Waals surface area contributed by atoms with E-state index in [1.165, 1.54) is 4.90 Å². The summed E-state index contributed by atoms with van der Waals surface area (Å²) in [7, 11) is -3.02. The Hall–Kier alpha value is -3.83. The molecule has 0 radical (unpaired) electrons. The first-order valence-corrected chi connectivity index (χ1v) is 19.3. The summed E-state index contributed by atoms with van der Waals surface area (Å²) in [6.07, 6.45) is 1.40. The van der Waals surface area contributed by atoms with Crippen LogP contribution in [0.1, 0.15) is 71.0 Å². The largest absolute Gasteiger partial charge is 0.508 e. The number of carbonyl (C=O) groups excluding carboxylic acids is 2. The van der Waals surface area contributed by atoms with Gasteiger partial charge in [0.1, 0.15) is 5.75 Å². The highest BCUT2D eigenvalue weighted by atomic mass is 28.4. The molecule has 3 fully saturated rings. The number of aromatic hydroxyl groups is 1. The van der Waals surface area contributed by atoms with E-state index in [9.17, 15) is 24.6 Å². The van der Waals surface area contributed by atoms with Crippen molar-refractivity contribution in [1.29, 1.82) is 0 Å². The molecule has 0 bridgehead atoms. The van der Waals surface area contributed by atoms with Gasteiger partial charge in [0, 0.05) is 37.0 Å². The Morgan fingerprint density at radius 1 is 0.898 bits per heavy atom. The number of phenolic OH excluding ortho intramolecular Hbond substituents is 1. The minimum atomic E-state index is -3.02. The normalized spacial score (nSPS) is 26.9.